The molecule has 0 aliphatic heterocycles. The molecule has 2 heterocycles. The van der Waals surface area contributed by atoms with Gasteiger partial charge in [-0.1, -0.05) is 30.8 Å². The quantitative estimate of drug-likeness (QED) is 0.127. The molecule has 2 aromatic carbocycles. The minimum absolute atomic E-state index is 0.0474. The molecule has 17 heteroatoms. The molecular formula is C31H37N11O6. The van der Waals surface area contributed by atoms with Crippen LogP contribution in [0.4, 0.5) is 0 Å². The van der Waals surface area contributed by atoms with Crippen LogP contribution in [0, 0.1) is 24.2 Å². The van der Waals surface area contributed by atoms with Crippen LogP contribution in [0.5, 0.6) is 5.75 Å². The predicted octanol–water partition coefficient (Wildman–Crippen LogP) is -0.148. The molecule has 5 amide bonds. The highest BCUT2D eigenvalue weighted by Crippen LogP contribution is 2.21. The van der Waals surface area contributed by atoms with E-state index in [0.717, 1.165) is 0 Å². The normalized spacial score (nSPS) is 11.0. The molecule has 4 rings (SSSR count). The summed E-state index contributed by atoms with van der Waals surface area (Å²) in [6.07, 6.45) is 3.50. The third kappa shape index (κ3) is 10.7. The van der Waals surface area contributed by atoms with E-state index >= 15 is 0 Å². The molecule has 17 nitrogen and oxygen atoms in total. The highest BCUT2D eigenvalue weighted by atomic mass is 16.7. The number of primary amides is 1. The molecule has 0 saturated heterocycles. The molecule has 6 N–H and O–H groups in total. The number of aryl methyl sites for hydroxylation is 2. The second kappa shape index (κ2) is 17.4. The number of nitriles is 1. The molecule has 0 bridgehead atoms. The first-order valence-corrected chi connectivity index (χ1v) is 14.8. The maximum Gasteiger partial charge on any atom is 0.251 e. The van der Waals surface area contributed by atoms with Gasteiger partial charge in [-0.3, -0.25) is 24.0 Å². The number of nitrogens with zero attached hydrogens (tertiary/aromatic N) is 6. The van der Waals surface area contributed by atoms with Gasteiger partial charge in [0.25, 0.3) is 5.91 Å². The minimum atomic E-state index is -0.937. The molecule has 0 aliphatic carbocycles. The van der Waals surface area contributed by atoms with Gasteiger partial charge < -0.3 is 36.4 Å². The lowest BCUT2D eigenvalue weighted by atomic mass is 10.0. The monoisotopic (exact) mass is 659 g/mol. The number of rotatable bonds is 13. The lowest BCUT2D eigenvalue weighted by molar-refractivity contribution is -0.127. The first kappa shape index (κ1) is 36.2. The van der Waals surface area contributed by atoms with Crippen molar-refractivity contribution in [1.82, 2.24) is 46.0 Å². The van der Waals surface area contributed by atoms with Gasteiger partial charge in [0, 0.05) is 37.5 Å². The van der Waals surface area contributed by atoms with Gasteiger partial charge in [0.2, 0.25) is 23.6 Å². The SMILES string of the molecule is CC(C)C(NC(=O)c1ccc(On2nnc3ccccc32)c(C#N)c1)C(=O)NCCC(=O)NCC(=O)NCC(N)=O.Cc1cncn1C. The zero-order valence-corrected chi connectivity index (χ0v) is 26.9. The van der Waals surface area contributed by atoms with E-state index in [1.54, 1.807) is 44.4 Å². The molecule has 1 unspecified atom stereocenters. The number of amides is 5. The second-order valence-corrected chi connectivity index (χ2v) is 10.8. The summed E-state index contributed by atoms with van der Waals surface area (Å²) in [5.41, 5.74) is 7.51. The van der Waals surface area contributed by atoms with E-state index in [-0.39, 0.29) is 48.8 Å². The Hall–Kier alpha value is -6.31. The van der Waals surface area contributed by atoms with Gasteiger partial charge in [-0.25, -0.2) is 4.98 Å². The molecule has 0 radical (unpaired) electrons. The highest BCUT2D eigenvalue weighted by molar-refractivity contribution is 5.98. The van der Waals surface area contributed by atoms with Crippen molar-refractivity contribution in [3.63, 3.8) is 0 Å². The van der Waals surface area contributed by atoms with E-state index in [1.165, 1.54) is 28.7 Å². The number of nitrogens with one attached hydrogen (secondary N) is 4. The summed E-state index contributed by atoms with van der Waals surface area (Å²) in [5, 5.41) is 27.4. The van der Waals surface area contributed by atoms with Gasteiger partial charge in [0.1, 0.15) is 23.1 Å². The average Bonchev–Trinajstić information content (AvgIpc) is 3.65. The molecular weight excluding hydrogens is 622 g/mol. The molecule has 2 aromatic heterocycles. The van der Waals surface area contributed by atoms with Crippen molar-refractivity contribution in [3.8, 4) is 11.8 Å². The lowest BCUT2D eigenvalue weighted by Crippen LogP contribution is -2.50. The predicted molar refractivity (Wildman–Crippen MR) is 172 cm³/mol. The maximum atomic E-state index is 13.0. The van der Waals surface area contributed by atoms with E-state index in [1.807, 2.05) is 30.8 Å². The summed E-state index contributed by atoms with van der Waals surface area (Å²) in [4.78, 5) is 70.6. The Morgan fingerprint density at radius 3 is 2.38 bits per heavy atom. The smallest absolute Gasteiger partial charge is 0.251 e. The Labute approximate surface area is 275 Å². The Balaban J connectivity index is 0.000000789. The molecule has 0 fully saturated rings. The van der Waals surface area contributed by atoms with Crippen LogP contribution in [0.3, 0.4) is 0 Å². The van der Waals surface area contributed by atoms with Crippen LogP contribution in [-0.2, 0) is 26.2 Å². The van der Waals surface area contributed by atoms with Crippen molar-refractivity contribution >= 4 is 40.6 Å². The zero-order valence-electron chi connectivity index (χ0n) is 26.9. The summed E-state index contributed by atoms with van der Waals surface area (Å²) in [6, 6.07) is 12.4. The van der Waals surface area contributed by atoms with Gasteiger partial charge in [-0.15, -0.1) is 5.10 Å². The topological polar surface area (TPSA) is 241 Å². The third-order valence-electron chi connectivity index (χ3n) is 6.72. The van der Waals surface area contributed by atoms with Crippen LogP contribution in [-0.4, -0.2) is 79.9 Å². The van der Waals surface area contributed by atoms with E-state index in [9.17, 15) is 29.2 Å². The molecule has 1 atom stereocenters. The van der Waals surface area contributed by atoms with Gasteiger partial charge in [-0.2, -0.15) is 5.26 Å². The number of hydrogen-bond acceptors (Lipinski definition) is 10. The number of hydrogen-bond donors (Lipinski definition) is 5. The number of carbonyl (C=O) groups excluding carboxylic acids is 5. The van der Waals surface area contributed by atoms with Gasteiger partial charge in [-0.05, 0) is 48.4 Å². The third-order valence-corrected chi connectivity index (χ3v) is 6.72. The van der Waals surface area contributed by atoms with Crippen LogP contribution in [0.1, 0.15) is 41.9 Å². The Kier molecular flexibility index (Phi) is 13.1. The largest absolute Gasteiger partial charge is 0.368 e. The van der Waals surface area contributed by atoms with E-state index in [4.69, 9.17) is 10.6 Å². The number of nitrogens with two attached hydrogens (primary N) is 1. The average molecular weight is 660 g/mol. The summed E-state index contributed by atoms with van der Waals surface area (Å²) in [6.45, 7) is 4.75. The molecule has 48 heavy (non-hydrogen) atoms. The minimum Gasteiger partial charge on any atom is -0.368 e. The van der Waals surface area contributed by atoms with Gasteiger partial charge >= 0.3 is 0 Å². The van der Waals surface area contributed by atoms with E-state index in [2.05, 4.69) is 36.6 Å². The Morgan fingerprint density at radius 2 is 1.75 bits per heavy atom. The highest BCUT2D eigenvalue weighted by Gasteiger charge is 2.25. The Bertz CT molecular complexity index is 1790. The standard InChI is InChI=1S/C26H29N9O6.C5H8N2/c1-15(2)24(26(40)29-10-9-22(37)31-14-23(38)30-13-21(28)36)32-25(39)16-7-8-20(17(11-16)12-27)41-35-19-6-4-3-5-18(19)33-34-35;1-5-3-6-4-7(5)2/h3-8,11,15,24H,9-10,13-14H2,1-2H3,(H2,28,36)(H,29,40)(H,30,38)(H,31,37)(H,32,39);3-4H,1-2H3. The second-order valence-electron chi connectivity index (χ2n) is 10.8. The van der Waals surface area contributed by atoms with Crippen molar-refractivity contribution in [2.45, 2.75) is 33.2 Å². The maximum absolute atomic E-state index is 13.0. The molecule has 4 aromatic rings. The summed E-state index contributed by atoms with van der Waals surface area (Å²) < 4.78 is 1.97. The lowest BCUT2D eigenvalue weighted by Gasteiger charge is -2.22. The fourth-order valence-electron chi connectivity index (χ4n) is 3.95. The van der Waals surface area contributed by atoms with Crippen LogP contribution in [0.25, 0.3) is 11.0 Å². The van der Waals surface area contributed by atoms with Crippen LogP contribution >= 0.6 is 0 Å². The number of fused-ring (bicyclic) bond motifs is 1. The van der Waals surface area contributed by atoms with Gasteiger partial charge in [0.15, 0.2) is 5.75 Å². The number of benzene rings is 2. The fraction of sp³-hybridized carbons (Fsp3) is 0.323. The van der Waals surface area contributed by atoms with Crippen molar-refractivity contribution in [2.75, 3.05) is 19.6 Å². The number of para-hydroxylation sites is 1. The zero-order chi connectivity index (χ0) is 35.2. The van der Waals surface area contributed by atoms with Crippen LogP contribution in [0.15, 0.2) is 55.0 Å². The summed E-state index contributed by atoms with van der Waals surface area (Å²) in [5.74, 6) is -3.06. The summed E-state index contributed by atoms with van der Waals surface area (Å²) in [7, 11) is 1.97. The molecule has 252 valence electrons. The van der Waals surface area contributed by atoms with Crippen molar-refractivity contribution < 1.29 is 28.8 Å². The summed E-state index contributed by atoms with van der Waals surface area (Å²) >= 11 is 0. The fourth-order valence-corrected chi connectivity index (χ4v) is 3.95. The number of carbonyl (C=O) groups is 5. The number of imidazole rings is 1. The van der Waals surface area contributed by atoms with Crippen LogP contribution in [0.2, 0.25) is 0 Å². The first-order valence-electron chi connectivity index (χ1n) is 14.8. The van der Waals surface area contributed by atoms with Crippen LogP contribution < -0.4 is 31.8 Å². The molecule has 0 spiro atoms. The molecule has 0 aliphatic rings. The van der Waals surface area contributed by atoms with Crippen molar-refractivity contribution in [2.24, 2.45) is 18.7 Å². The Morgan fingerprint density at radius 1 is 1.02 bits per heavy atom. The van der Waals surface area contributed by atoms with E-state index < -0.39 is 35.6 Å². The number of aromatic nitrogens is 5. The van der Waals surface area contributed by atoms with Gasteiger partial charge in [0.05, 0.1) is 25.0 Å². The molecule has 0 saturated carbocycles. The van der Waals surface area contributed by atoms with Crippen molar-refractivity contribution in [3.05, 3.63) is 71.8 Å². The van der Waals surface area contributed by atoms with Crippen molar-refractivity contribution in [1.29, 1.82) is 5.26 Å². The van der Waals surface area contributed by atoms with E-state index in [0.29, 0.717) is 11.0 Å². The first-order chi connectivity index (χ1) is 22.9.